The lowest BCUT2D eigenvalue weighted by Gasteiger charge is -2.36. The summed E-state index contributed by atoms with van der Waals surface area (Å²) in [6, 6.07) is 43.8. The Morgan fingerprint density at radius 3 is 0.846 bits per heavy atom. The number of esters is 6. The summed E-state index contributed by atoms with van der Waals surface area (Å²) < 4.78 is 42.8. The lowest BCUT2D eigenvalue weighted by atomic mass is 9.73. The Bertz CT molecular complexity index is 3970. The molecule has 0 atom stereocenters. The summed E-state index contributed by atoms with van der Waals surface area (Å²) in [5.41, 5.74) is 2.42. The fourth-order valence-electron chi connectivity index (χ4n) is 12.8. The predicted octanol–water partition coefficient (Wildman–Crippen LogP) is 18.5. The van der Waals surface area contributed by atoms with Crippen molar-refractivity contribution < 1.29 is 78.0 Å². The van der Waals surface area contributed by atoms with E-state index in [0.29, 0.717) is 73.1 Å². The highest BCUT2D eigenvalue weighted by Gasteiger charge is 2.39. The molecule has 0 bridgehead atoms. The number of piperidine rings is 2. The molecule has 0 amide bonds. The van der Waals surface area contributed by atoms with Crippen LogP contribution in [0.15, 0.2) is 146 Å². The number of ether oxygens (including phenoxy) is 6. The van der Waals surface area contributed by atoms with E-state index in [4.69, 9.17) is 28.4 Å². The van der Waals surface area contributed by atoms with Crippen LogP contribution in [-0.2, 0) is 29.9 Å². The number of carbonyl (C=O) groups is 6. The maximum absolute atomic E-state index is 13.4. The lowest BCUT2D eigenvalue weighted by molar-refractivity contribution is -0.666. The van der Waals surface area contributed by atoms with Crippen LogP contribution in [0.25, 0.3) is 0 Å². The minimum atomic E-state index is -0.708. The first-order valence-electron chi connectivity index (χ1n) is 33.2. The van der Waals surface area contributed by atoms with Crippen LogP contribution < -0.4 is 29.6 Å². The van der Waals surface area contributed by atoms with E-state index in [0.717, 1.165) is 95.5 Å². The lowest BCUT2D eigenvalue weighted by Crippen LogP contribution is -2.86. The fourth-order valence-corrected chi connectivity index (χ4v) is 19.7. The summed E-state index contributed by atoms with van der Waals surface area (Å²) in [5, 5.41) is 25.6. The van der Waals surface area contributed by atoms with Crippen molar-refractivity contribution in [3.05, 3.63) is 226 Å². The SMILES string of the molecule is CC(CCC(=O)OC(C)(C)C1CC[NH2+]CC1)(c1ccc(OC(=O)c2c(I)ccc(I)c2I)cc1)c1ccc(OC(=O)c2c(I)ccc(I)c2I)cc1.CC(CCC(=O)OC(C)(C)C1CC[NH2+]CC1)(c1ccc(OC(=O)c2c(I)ccc(I)c2O)cc1)c1ccc(OC(=O)c2c(I)ccc(I)c2O)cc1. The zero-order valence-electron chi connectivity index (χ0n) is 57.2. The van der Waals surface area contributed by atoms with Gasteiger partial charge in [0, 0.05) is 89.8 Å². The third kappa shape index (κ3) is 21.5. The number of quaternary nitrogens is 2. The molecule has 0 radical (unpaired) electrons. The van der Waals surface area contributed by atoms with Crippen molar-refractivity contribution in [2.24, 2.45) is 11.8 Å². The van der Waals surface area contributed by atoms with Gasteiger partial charge < -0.3 is 49.3 Å². The first kappa shape index (κ1) is 85.4. The molecule has 16 nitrogen and oxygen atoms in total. The van der Waals surface area contributed by atoms with Gasteiger partial charge in [0.05, 0.1) is 44.4 Å². The molecule has 0 spiro atoms. The van der Waals surface area contributed by atoms with Crippen molar-refractivity contribution in [2.75, 3.05) is 26.2 Å². The molecule has 2 heterocycles. The molecular formula is C78H74I10N2O14+2. The normalized spacial score (nSPS) is 13.8. The third-order valence-corrected chi connectivity index (χ3v) is 30.6. The van der Waals surface area contributed by atoms with E-state index >= 15 is 0 Å². The van der Waals surface area contributed by atoms with Crippen LogP contribution in [0.5, 0.6) is 34.5 Å². The van der Waals surface area contributed by atoms with Gasteiger partial charge in [-0.15, -0.1) is 0 Å². The molecule has 104 heavy (non-hydrogen) atoms. The van der Waals surface area contributed by atoms with E-state index in [1.165, 1.54) is 0 Å². The van der Waals surface area contributed by atoms with Gasteiger partial charge in [-0.3, -0.25) is 9.59 Å². The molecule has 0 aromatic heterocycles. The number of rotatable bonds is 22. The van der Waals surface area contributed by atoms with Gasteiger partial charge >= 0.3 is 35.8 Å². The molecule has 10 rings (SSSR count). The number of benzene rings is 8. The summed E-state index contributed by atoms with van der Waals surface area (Å²) in [6.07, 6.45) is 5.27. The van der Waals surface area contributed by atoms with Crippen molar-refractivity contribution in [1.82, 2.24) is 0 Å². The largest absolute Gasteiger partial charge is 0.506 e. The Labute approximate surface area is 742 Å². The molecule has 0 aliphatic carbocycles. The topological polar surface area (TPSA) is 231 Å². The van der Waals surface area contributed by atoms with Gasteiger partial charge in [0.1, 0.15) is 56.8 Å². The van der Waals surface area contributed by atoms with Crippen molar-refractivity contribution in [1.29, 1.82) is 0 Å². The Kier molecular flexibility index (Phi) is 31.3. The number of hydrogen-bond donors (Lipinski definition) is 4. The zero-order valence-corrected chi connectivity index (χ0v) is 78.8. The monoisotopic (exact) mass is 2530 g/mol. The standard InChI is InChI=1S/C39H35I6NO6.C39H37I4NO8/c1-38(2,22-17-20-46-21-18-22)52-31(47)16-19-39(3,23-4-8-25(9-5-23)50-36(48)32-27(40)12-14-29(42)34(32)44)24-6-10-26(11-7-24)51-37(49)33-28(41)13-15-30(43)35(33)45;1-38(2,22-17-20-44-21-18-22)52-31(45)16-19-39(3,23-4-8-25(9-5-23)50-36(48)32-27(40)12-14-29(42)34(32)46)24-6-10-26(11-7-24)51-37(49)33-28(41)13-15-30(43)35(33)47/h4-15,22,46H,16-21H2,1-3H3;4-15,22,44,46-47H,16-21H2,1-3H3/p+2. The van der Waals surface area contributed by atoms with Gasteiger partial charge in [-0.1, -0.05) is 62.4 Å². The van der Waals surface area contributed by atoms with E-state index in [-0.39, 0.29) is 47.4 Å². The van der Waals surface area contributed by atoms with Crippen LogP contribution in [0.2, 0.25) is 0 Å². The zero-order chi connectivity index (χ0) is 75.6. The number of phenols is 2. The van der Waals surface area contributed by atoms with Gasteiger partial charge in [0.25, 0.3) is 0 Å². The molecule has 8 aromatic rings. The van der Waals surface area contributed by atoms with Gasteiger partial charge in [0.15, 0.2) is 0 Å². The summed E-state index contributed by atoms with van der Waals surface area (Å²) in [5.74, 6) is -0.856. The average molecular weight is 2530 g/mol. The molecule has 26 heteroatoms. The van der Waals surface area contributed by atoms with Crippen LogP contribution in [0.4, 0.5) is 0 Å². The van der Waals surface area contributed by atoms with Gasteiger partial charge in [-0.25, -0.2) is 19.2 Å². The van der Waals surface area contributed by atoms with E-state index in [1.54, 1.807) is 72.8 Å². The molecule has 2 aliphatic rings. The van der Waals surface area contributed by atoms with E-state index in [1.807, 2.05) is 198 Å². The van der Waals surface area contributed by atoms with E-state index in [2.05, 4.69) is 153 Å². The minimum absolute atomic E-state index is 0.0990. The molecule has 2 aliphatic heterocycles. The summed E-state index contributed by atoms with van der Waals surface area (Å²) >= 11 is 21.0. The maximum Gasteiger partial charge on any atom is 0.348 e. The molecule has 0 unspecified atom stereocenters. The Hall–Kier alpha value is -2.60. The first-order chi connectivity index (χ1) is 49.2. The number of halogens is 10. The van der Waals surface area contributed by atoms with Crippen molar-refractivity contribution >= 4 is 262 Å². The van der Waals surface area contributed by atoms with E-state index in [9.17, 15) is 39.0 Å². The number of nitrogens with two attached hydrogens (primary N) is 2. The Balaban J connectivity index is 0.000000241. The van der Waals surface area contributed by atoms with E-state index < -0.39 is 45.9 Å². The second-order valence-corrected chi connectivity index (χ2v) is 38.2. The summed E-state index contributed by atoms with van der Waals surface area (Å²) in [7, 11) is 0. The first-order valence-corrected chi connectivity index (χ1v) is 44.0. The van der Waals surface area contributed by atoms with Crippen molar-refractivity contribution in [3.63, 3.8) is 0 Å². The highest BCUT2D eigenvalue weighted by atomic mass is 127. The summed E-state index contributed by atoms with van der Waals surface area (Å²) in [6.45, 7) is 16.3. The maximum atomic E-state index is 13.4. The Morgan fingerprint density at radius 1 is 0.346 bits per heavy atom. The van der Waals surface area contributed by atoms with Gasteiger partial charge in [0.2, 0.25) is 0 Å². The van der Waals surface area contributed by atoms with Crippen LogP contribution in [0.1, 0.15) is 157 Å². The Morgan fingerprint density at radius 2 is 0.577 bits per heavy atom. The van der Waals surface area contributed by atoms with Gasteiger partial charge in [-0.2, -0.15) is 0 Å². The number of aromatic hydroxyl groups is 2. The molecule has 548 valence electrons. The smallest absolute Gasteiger partial charge is 0.348 e. The highest BCUT2D eigenvalue weighted by Crippen LogP contribution is 2.43. The molecular weight excluding hydrogens is 2460 g/mol. The molecule has 8 aromatic carbocycles. The number of phenolic OH excluding ortho intramolecular Hbond substituents is 2. The minimum Gasteiger partial charge on any atom is -0.506 e. The number of hydrogen-bond acceptors (Lipinski definition) is 14. The molecule has 2 saturated heterocycles. The van der Waals surface area contributed by atoms with Crippen molar-refractivity contribution in [2.45, 2.75) is 115 Å². The molecule has 6 N–H and O–H groups in total. The van der Waals surface area contributed by atoms with Crippen LogP contribution >= 0.6 is 226 Å². The van der Waals surface area contributed by atoms with Crippen LogP contribution in [-0.4, -0.2) is 83.4 Å². The third-order valence-electron chi connectivity index (χ3n) is 19.1. The number of carbonyl (C=O) groups excluding carboxylic acids is 6. The average Bonchev–Trinajstić information content (AvgIpc) is 0.801. The quantitative estimate of drug-likeness (QED) is 0.0214. The van der Waals surface area contributed by atoms with Crippen LogP contribution in [0.3, 0.4) is 0 Å². The molecule has 2 fully saturated rings. The van der Waals surface area contributed by atoms with Gasteiger partial charge in [-0.05, 0) is 386 Å². The second-order valence-electron chi connectivity index (χ2n) is 26.7. The van der Waals surface area contributed by atoms with Crippen molar-refractivity contribution in [3.8, 4) is 34.5 Å². The highest BCUT2D eigenvalue weighted by molar-refractivity contribution is 14.1. The second kappa shape index (κ2) is 38.1. The predicted molar refractivity (Wildman–Crippen MR) is 482 cm³/mol. The fraction of sp³-hybridized carbons (Fsp3) is 0.308. The molecule has 0 saturated carbocycles. The van der Waals surface area contributed by atoms with Crippen LogP contribution in [0, 0.1) is 47.5 Å². The summed E-state index contributed by atoms with van der Waals surface area (Å²) in [4.78, 5) is 79.5.